The number of thiophene rings is 1. The van der Waals surface area contributed by atoms with E-state index in [1.807, 2.05) is 35.6 Å². The Bertz CT molecular complexity index is 3720. The van der Waals surface area contributed by atoms with Crippen LogP contribution in [-0.2, 0) is 0 Å². The van der Waals surface area contributed by atoms with Crippen LogP contribution in [-0.4, -0.2) is 0 Å². The van der Waals surface area contributed by atoms with Crippen LogP contribution in [0.15, 0.2) is 258 Å². The van der Waals surface area contributed by atoms with E-state index in [4.69, 9.17) is 8.83 Å². The highest BCUT2D eigenvalue weighted by molar-refractivity contribution is 7.18. The number of benzene rings is 10. The number of anilines is 3. The summed E-state index contributed by atoms with van der Waals surface area (Å²) in [5.41, 5.74) is 18.4. The lowest BCUT2D eigenvalue weighted by Gasteiger charge is -2.26. The summed E-state index contributed by atoms with van der Waals surface area (Å²) in [5, 5.41) is 4.56. The topological polar surface area (TPSA) is 29.5 Å². The van der Waals surface area contributed by atoms with Gasteiger partial charge in [-0.15, -0.1) is 11.3 Å². The van der Waals surface area contributed by atoms with Crippen molar-refractivity contribution in [2.45, 2.75) is 0 Å². The number of hydrogen-bond acceptors (Lipinski definition) is 4. The van der Waals surface area contributed by atoms with Crippen molar-refractivity contribution < 1.29 is 8.83 Å². The second kappa shape index (κ2) is 16.6. The van der Waals surface area contributed by atoms with Crippen molar-refractivity contribution in [1.29, 1.82) is 0 Å². The lowest BCUT2D eigenvalue weighted by Crippen LogP contribution is -2.09. The summed E-state index contributed by atoms with van der Waals surface area (Å²) >= 11 is 1.82. The molecule has 0 aliphatic heterocycles. The van der Waals surface area contributed by atoms with Crippen LogP contribution < -0.4 is 4.90 Å². The molecule has 68 heavy (non-hydrogen) atoms. The lowest BCUT2D eigenvalue weighted by molar-refractivity contribution is 0.669. The van der Waals surface area contributed by atoms with E-state index in [1.54, 1.807) is 0 Å². The van der Waals surface area contributed by atoms with Crippen LogP contribution in [0.3, 0.4) is 0 Å². The maximum Gasteiger partial charge on any atom is 0.143 e. The molecule has 0 aliphatic rings. The van der Waals surface area contributed by atoms with E-state index >= 15 is 0 Å². The highest BCUT2D eigenvalue weighted by atomic mass is 32.1. The molecule has 0 saturated heterocycles. The molecule has 0 bridgehead atoms. The third kappa shape index (κ3) is 7.07. The summed E-state index contributed by atoms with van der Waals surface area (Å²) in [4.78, 5) is 4.86. The minimum absolute atomic E-state index is 0.909. The van der Waals surface area contributed by atoms with Crippen molar-refractivity contribution in [2.75, 3.05) is 4.90 Å². The molecule has 0 saturated carbocycles. The molecular formula is C64H41NO2S. The molecule has 0 amide bonds. The standard InChI is InChI=1S/C64H41NO2S/c1-2-10-48(11-3-1)61-40-41-62(68-61)49-32-38-52(39-33-49)65(50-34-28-44(29-35-50)42-20-24-46(25-21-42)53-14-8-16-57-55-12-4-6-18-59(55)66-63(53)57)51-36-30-45(31-37-51)43-22-26-47(27-23-43)54-15-9-17-58-56-13-5-7-19-60(56)67-64(54)58/h1-41H. The summed E-state index contributed by atoms with van der Waals surface area (Å²) in [6.07, 6.45) is 0. The Morgan fingerprint density at radius 3 is 1.03 bits per heavy atom. The fraction of sp³-hybridized carbons (Fsp3) is 0. The quantitative estimate of drug-likeness (QED) is 0.145. The Labute approximate surface area is 398 Å². The van der Waals surface area contributed by atoms with Crippen LogP contribution in [0.1, 0.15) is 0 Å². The van der Waals surface area contributed by atoms with Crippen LogP contribution in [0.25, 0.3) is 109 Å². The maximum atomic E-state index is 6.37. The largest absolute Gasteiger partial charge is 0.455 e. The minimum Gasteiger partial charge on any atom is -0.455 e. The van der Waals surface area contributed by atoms with Gasteiger partial charge in [0.05, 0.1) is 0 Å². The molecule has 3 heterocycles. The third-order valence-electron chi connectivity index (χ3n) is 13.2. The van der Waals surface area contributed by atoms with Gasteiger partial charge in [0.1, 0.15) is 22.3 Å². The van der Waals surface area contributed by atoms with Crippen molar-refractivity contribution in [3.05, 3.63) is 249 Å². The first-order valence-electron chi connectivity index (χ1n) is 23.0. The minimum atomic E-state index is 0.909. The predicted molar refractivity (Wildman–Crippen MR) is 286 cm³/mol. The van der Waals surface area contributed by atoms with E-state index in [1.165, 1.54) is 20.9 Å². The summed E-state index contributed by atoms with van der Waals surface area (Å²) in [5.74, 6) is 0. The van der Waals surface area contributed by atoms with Crippen LogP contribution in [0.5, 0.6) is 0 Å². The monoisotopic (exact) mass is 887 g/mol. The van der Waals surface area contributed by atoms with Gasteiger partial charge in [-0.05, 0) is 105 Å². The fourth-order valence-corrected chi connectivity index (χ4v) is 10.7. The molecule has 320 valence electrons. The van der Waals surface area contributed by atoms with Crippen molar-refractivity contribution in [2.24, 2.45) is 0 Å². The smallest absolute Gasteiger partial charge is 0.143 e. The number of fused-ring (bicyclic) bond motifs is 6. The molecule has 0 N–H and O–H groups in total. The molecule has 0 atom stereocenters. The van der Waals surface area contributed by atoms with Crippen molar-refractivity contribution in [1.82, 2.24) is 0 Å². The molecule has 10 aromatic carbocycles. The summed E-state index contributed by atoms with van der Waals surface area (Å²) in [6.45, 7) is 0. The zero-order chi connectivity index (χ0) is 45.0. The molecule has 4 heteroatoms. The average Bonchev–Trinajstić information content (AvgIpc) is 4.17. The SMILES string of the molecule is c1ccc(-c2ccc(-c3ccc(N(c4ccc(-c5ccc(-c6cccc7c6oc6ccccc67)cc5)cc4)c4ccc(-c5ccc(-c6cccc7c6oc6ccccc67)cc5)cc4)cc3)s2)cc1. The van der Waals surface area contributed by atoms with Crippen LogP contribution in [0.2, 0.25) is 0 Å². The molecule has 13 rings (SSSR count). The van der Waals surface area contributed by atoms with Gasteiger partial charge >= 0.3 is 0 Å². The van der Waals surface area contributed by atoms with Crippen molar-refractivity contribution in [3.8, 4) is 65.4 Å². The first-order valence-corrected chi connectivity index (χ1v) is 23.8. The first-order chi connectivity index (χ1) is 33.7. The summed E-state index contributed by atoms with van der Waals surface area (Å²) in [6, 6.07) is 88.8. The summed E-state index contributed by atoms with van der Waals surface area (Å²) < 4.78 is 12.7. The summed E-state index contributed by atoms with van der Waals surface area (Å²) in [7, 11) is 0. The average molecular weight is 888 g/mol. The number of para-hydroxylation sites is 4. The van der Waals surface area contributed by atoms with Gasteiger partial charge in [0.2, 0.25) is 0 Å². The number of nitrogens with zero attached hydrogens (tertiary/aromatic N) is 1. The second-order valence-corrected chi connectivity index (χ2v) is 18.3. The van der Waals surface area contributed by atoms with Gasteiger partial charge in [0, 0.05) is 59.5 Å². The number of hydrogen-bond donors (Lipinski definition) is 0. The molecular weight excluding hydrogens is 847 g/mol. The number of furan rings is 2. The molecule has 0 fully saturated rings. The normalized spacial score (nSPS) is 11.5. The van der Waals surface area contributed by atoms with E-state index in [0.29, 0.717) is 0 Å². The zero-order valence-corrected chi connectivity index (χ0v) is 37.7. The first kappa shape index (κ1) is 39.6. The molecule has 3 nitrogen and oxygen atoms in total. The molecule has 0 spiro atoms. The third-order valence-corrected chi connectivity index (χ3v) is 14.4. The van der Waals surface area contributed by atoms with Gasteiger partial charge in [0.15, 0.2) is 0 Å². The Balaban J connectivity index is 0.810. The van der Waals surface area contributed by atoms with Gasteiger partial charge in [-0.25, -0.2) is 0 Å². The van der Waals surface area contributed by atoms with Crippen LogP contribution in [0, 0.1) is 0 Å². The van der Waals surface area contributed by atoms with Gasteiger partial charge in [-0.2, -0.15) is 0 Å². The van der Waals surface area contributed by atoms with Crippen LogP contribution in [0.4, 0.5) is 17.1 Å². The van der Waals surface area contributed by atoms with E-state index < -0.39 is 0 Å². The van der Waals surface area contributed by atoms with Crippen molar-refractivity contribution >= 4 is 72.3 Å². The highest BCUT2D eigenvalue weighted by Gasteiger charge is 2.17. The predicted octanol–water partition coefficient (Wildman–Crippen LogP) is 19.0. The van der Waals surface area contributed by atoms with E-state index in [-0.39, 0.29) is 0 Å². The van der Waals surface area contributed by atoms with Crippen molar-refractivity contribution in [3.63, 3.8) is 0 Å². The van der Waals surface area contributed by atoms with E-state index in [9.17, 15) is 0 Å². The van der Waals surface area contributed by atoms with E-state index in [2.05, 4.69) is 229 Å². The maximum absolute atomic E-state index is 6.37. The van der Waals surface area contributed by atoms with Gasteiger partial charge in [-0.1, -0.05) is 188 Å². The zero-order valence-electron chi connectivity index (χ0n) is 36.8. The van der Waals surface area contributed by atoms with Crippen LogP contribution >= 0.6 is 11.3 Å². The molecule has 0 aliphatic carbocycles. The Hall–Kier alpha value is -8.70. The van der Waals surface area contributed by atoms with Gasteiger partial charge in [0.25, 0.3) is 0 Å². The second-order valence-electron chi connectivity index (χ2n) is 17.2. The fourth-order valence-electron chi connectivity index (χ4n) is 9.71. The number of rotatable bonds is 9. The van der Waals surface area contributed by atoms with Gasteiger partial charge < -0.3 is 13.7 Å². The Morgan fingerprint density at radius 2 is 0.588 bits per heavy atom. The van der Waals surface area contributed by atoms with E-state index in [0.717, 1.165) is 105 Å². The molecule has 3 aromatic heterocycles. The molecule has 13 aromatic rings. The highest BCUT2D eigenvalue weighted by Crippen LogP contribution is 2.42. The van der Waals surface area contributed by atoms with Gasteiger partial charge in [-0.3, -0.25) is 0 Å². The lowest BCUT2D eigenvalue weighted by atomic mass is 9.98. The Morgan fingerprint density at radius 1 is 0.250 bits per heavy atom. The molecule has 0 radical (unpaired) electrons. The Kier molecular flexibility index (Phi) is 9.69. The molecule has 0 unspecified atom stereocenters.